The molecule has 1 aliphatic rings. The summed E-state index contributed by atoms with van der Waals surface area (Å²) >= 11 is 0. The van der Waals surface area contributed by atoms with Gasteiger partial charge in [-0.05, 0) is 43.5 Å². The minimum Gasteiger partial charge on any atom is -0.439 e. The Morgan fingerprint density at radius 2 is 1.91 bits per heavy atom. The lowest BCUT2D eigenvalue weighted by atomic mass is 9.82. The highest BCUT2D eigenvalue weighted by Crippen LogP contribution is 2.38. The van der Waals surface area contributed by atoms with Crippen molar-refractivity contribution in [1.82, 2.24) is 19.4 Å². The first kappa shape index (κ1) is 20.6. The first-order valence-corrected chi connectivity index (χ1v) is 11.1. The van der Waals surface area contributed by atoms with Gasteiger partial charge in [0, 0.05) is 29.1 Å². The molecule has 0 unspecified atom stereocenters. The Hall–Kier alpha value is -4.04. The predicted molar refractivity (Wildman–Crippen MR) is 127 cm³/mol. The second-order valence-electron chi connectivity index (χ2n) is 8.72. The highest BCUT2D eigenvalue weighted by atomic mass is 19.1. The van der Waals surface area contributed by atoms with Gasteiger partial charge in [0.25, 0.3) is 0 Å². The standard InChI is InChI=1S/C26H22FN5O2/c1-14-9-22(34-17-5-3-2-4-6-17)31-24-18(14)7-8-19(23(24)27)20-13-32-21(25(28)30-20)12-29-26(32)15-10-16(33)11-15/h2-9,12-13,15-16,33H,10-11H2,1H3,(H2,28,30). The van der Waals surface area contributed by atoms with E-state index in [1.54, 1.807) is 24.5 Å². The SMILES string of the molecule is Cc1cc(Oc2ccccc2)nc2c(F)c(-c3cn4c(C5CC(O)C5)ncc4c(N)n3)ccc12. The van der Waals surface area contributed by atoms with Gasteiger partial charge in [0.2, 0.25) is 5.88 Å². The van der Waals surface area contributed by atoms with Gasteiger partial charge in [-0.15, -0.1) is 0 Å². The van der Waals surface area contributed by atoms with Crippen molar-refractivity contribution >= 4 is 22.2 Å². The summed E-state index contributed by atoms with van der Waals surface area (Å²) in [6.45, 7) is 1.90. The smallest absolute Gasteiger partial charge is 0.220 e. The molecule has 1 saturated carbocycles. The fraction of sp³-hybridized carbons (Fsp3) is 0.192. The van der Waals surface area contributed by atoms with Crippen LogP contribution in [-0.2, 0) is 0 Å². The van der Waals surface area contributed by atoms with Crippen LogP contribution >= 0.6 is 0 Å². The number of anilines is 1. The Labute approximate surface area is 194 Å². The summed E-state index contributed by atoms with van der Waals surface area (Å²) in [5, 5.41) is 10.4. The van der Waals surface area contributed by atoms with E-state index in [1.807, 2.05) is 47.7 Å². The van der Waals surface area contributed by atoms with Crippen molar-refractivity contribution in [3.8, 4) is 22.9 Å². The molecular formula is C26H22FN5O2. The van der Waals surface area contributed by atoms with Gasteiger partial charge in [-0.2, -0.15) is 0 Å². The second-order valence-corrected chi connectivity index (χ2v) is 8.72. The van der Waals surface area contributed by atoms with E-state index in [2.05, 4.69) is 15.0 Å². The molecule has 3 aromatic heterocycles. The van der Waals surface area contributed by atoms with E-state index >= 15 is 4.39 Å². The van der Waals surface area contributed by atoms with Crippen LogP contribution in [0.2, 0.25) is 0 Å². The number of fused-ring (bicyclic) bond motifs is 2. The summed E-state index contributed by atoms with van der Waals surface area (Å²) in [6, 6.07) is 14.6. The molecular weight excluding hydrogens is 433 g/mol. The molecule has 0 aliphatic heterocycles. The number of benzene rings is 2. The van der Waals surface area contributed by atoms with Crippen LogP contribution in [0.1, 0.15) is 30.1 Å². The second kappa shape index (κ2) is 7.78. The van der Waals surface area contributed by atoms with Gasteiger partial charge >= 0.3 is 0 Å². The lowest BCUT2D eigenvalue weighted by Crippen LogP contribution is -2.28. The number of nitrogens with zero attached hydrogens (tertiary/aromatic N) is 4. The Kier molecular flexibility index (Phi) is 4.70. The van der Waals surface area contributed by atoms with Gasteiger partial charge in [0.1, 0.15) is 28.4 Å². The third-order valence-corrected chi connectivity index (χ3v) is 6.40. The predicted octanol–water partition coefficient (Wildman–Crippen LogP) is 5.00. The number of nitrogens with two attached hydrogens (primary N) is 1. The van der Waals surface area contributed by atoms with E-state index in [-0.39, 0.29) is 28.9 Å². The van der Waals surface area contributed by atoms with Crippen molar-refractivity contribution in [2.75, 3.05) is 5.73 Å². The van der Waals surface area contributed by atoms with Crippen molar-refractivity contribution in [3.63, 3.8) is 0 Å². The van der Waals surface area contributed by atoms with Crippen LogP contribution in [-0.4, -0.2) is 30.6 Å². The lowest BCUT2D eigenvalue weighted by Gasteiger charge is -2.30. The summed E-state index contributed by atoms with van der Waals surface area (Å²) in [5.41, 5.74) is 8.61. The molecule has 0 amide bonds. The van der Waals surface area contributed by atoms with Crippen molar-refractivity contribution in [2.24, 2.45) is 0 Å². The highest BCUT2D eigenvalue weighted by molar-refractivity contribution is 5.88. The third kappa shape index (κ3) is 3.34. The Balaban J connectivity index is 1.46. The largest absolute Gasteiger partial charge is 0.439 e. The highest BCUT2D eigenvalue weighted by Gasteiger charge is 2.32. The van der Waals surface area contributed by atoms with Crippen LogP contribution in [0.3, 0.4) is 0 Å². The zero-order valence-electron chi connectivity index (χ0n) is 18.4. The van der Waals surface area contributed by atoms with E-state index in [9.17, 15) is 5.11 Å². The Morgan fingerprint density at radius 3 is 2.68 bits per heavy atom. The molecule has 6 rings (SSSR count). The molecule has 170 valence electrons. The zero-order valence-corrected chi connectivity index (χ0v) is 18.4. The number of aromatic nitrogens is 4. The van der Waals surface area contributed by atoms with E-state index in [4.69, 9.17) is 10.5 Å². The number of nitrogen functional groups attached to an aromatic ring is 1. The quantitative estimate of drug-likeness (QED) is 0.396. The minimum atomic E-state index is -0.494. The molecule has 34 heavy (non-hydrogen) atoms. The van der Waals surface area contributed by atoms with Crippen LogP contribution in [0.25, 0.3) is 27.7 Å². The van der Waals surface area contributed by atoms with Gasteiger partial charge in [0.15, 0.2) is 5.82 Å². The number of ether oxygens (including phenoxy) is 1. The summed E-state index contributed by atoms with van der Waals surface area (Å²) in [7, 11) is 0. The zero-order chi connectivity index (χ0) is 23.4. The number of hydrogen-bond acceptors (Lipinski definition) is 6. The molecule has 0 bridgehead atoms. The molecule has 7 nitrogen and oxygen atoms in total. The number of halogens is 1. The number of aliphatic hydroxyl groups is 1. The monoisotopic (exact) mass is 455 g/mol. The molecule has 8 heteroatoms. The molecule has 5 aromatic rings. The van der Waals surface area contributed by atoms with Crippen LogP contribution in [0.15, 0.2) is 60.9 Å². The van der Waals surface area contributed by atoms with Crippen molar-refractivity contribution in [1.29, 1.82) is 0 Å². The molecule has 3 heterocycles. The number of pyridine rings is 1. The summed E-state index contributed by atoms with van der Waals surface area (Å²) in [6.07, 6.45) is 4.40. The molecule has 1 aliphatic carbocycles. The Morgan fingerprint density at radius 1 is 1.12 bits per heavy atom. The van der Waals surface area contributed by atoms with Gasteiger partial charge in [-0.25, -0.2) is 19.3 Å². The number of para-hydroxylation sites is 1. The van der Waals surface area contributed by atoms with Crippen LogP contribution in [0.4, 0.5) is 10.2 Å². The average molecular weight is 455 g/mol. The van der Waals surface area contributed by atoms with Crippen molar-refractivity contribution < 1.29 is 14.2 Å². The van der Waals surface area contributed by atoms with Gasteiger partial charge in [-0.3, -0.25) is 4.40 Å². The average Bonchev–Trinajstić information content (AvgIpc) is 3.22. The maximum absolute atomic E-state index is 15.8. The first-order valence-electron chi connectivity index (χ1n) is 11.1. The maximum atomic E-state index is 15.8. The molecule has 2 aromatic carbocycles. The van der Waals surface area contributed by atoms with Gasteiger partial charge in [-0.1, -0.05) is 24.3 Å². The summed E-state index contributed by atoms with van der Waals surface area (Å²) < 4.78 is 23.6. The molecule has 0 atom stereocenters. The molecule has 1 fully saturated rings. The number of aryl methyl sites for hydroxylation is 1. The molecule has 0 radical (unpaired) electrons. The lowest BCUT2D eigenvalue weighted by molar-refractivity contribution is 0.0715. The number of rotatable bonds is 4. The summed E-state index contributed by atoms with van der Waals surface area (Å²) in [5.74, 6) is 1.64. The Bertz CT molecular complexity index is 1540. The summed E-state index contributed by atoms with van der Waals surface area (Å²) in [4.78, 5) is 13.4. The third-order valence-electron chi connectivity index (χ3n) is 6.40. The maximum Gasteiger partial charge on any atom is 0.220 e. The van der Waals surface area contributed by atoms with Crippen molar-refractivity contribution in [3.05, 3.63) is 78.1 Å². The van der Waals surface area contributed by atoms with Crippen molar-refractivity contribution in [2.45, 2.75) is 31.8 Å². The molecule has 0 saturated heterocycles. The van der Waals surface area contributed by atoms with E-state index in [0.29, 0.717) is 41.1 Å². The molecule has 0 spiro atoms. The first-order chi connectivity index (χ1) is 16.5. The molecule has 3 N–H and O–H groups in total. The topological polar surface area (TPSA) is 98.6 Å². The van der Waals surface area contributed by atoms with Crippen LogP contribution in [0, 0.1) is 12.7 Å². The number of aliphatic hydroxyl groups excluding tert-OH is 1. The van der Waals surface area contributed by atoms with E-state index in [0.717, 1.165) is 11.4 Å². The minimum absolute atomic E-state index is 0.135. The number of hydrogen-bond donors (Lipinski definition) is 2. The fourth-order valence-electron chi connectivity index (χ4n) is 4.53. The van der Waals surface area contributed by atoms with Crippen LogP contribution in [0.5, 0.6) is 11.6 Å². The van der Waals surface area contributed by atoms with E-state index < -0.39 is 5.82 Å². The normalized spacial score (nSPS) is 17.7. The number of imidazole rings is 1. The fourth-order valence-corrected chi connectivity index (χ4v) is 4.53. The van der Waals surface area contributed by atoms with E-state index in [1.165, 1.54) is 0 Å². The van der Waals surface area contributed by atoms with Gasteiger partial charge < -0.3 is 15.6 Å². The van der Waals surface area contributed by atoms with Crippen LogP contribution < -0.4 is 10.5 Å². The van der Waals surface area contributed by atoms with Gasteiger partial charge in [0.05, 0.1) is 18.0 Å².